The van der Waals surface area contributed by atoms with Crippen molar-refractivity contribution in [1.82, 2.24) is 20.4 Å². The smallest absolute Gasteiger partial charge is 0.342 e. The minimum absolute atomic E-state index is 0.121. The molecule has 31 heavy (non-hydrogen) atoms. The van der Waals surface area contributed by atoms with Crippen molar-refractivity contribution in [3.8, 4) is 16.9 Å². The van der Waals surface area contributed by atoms with Gasteiger partial charge >= 0.3 is 12.0 Å². The van der Waals surface area contributed by atoms with Crippen LogP contribution in [0.3, 0.4) is 0 Å². The van der Waals surface area contributed by atoms with E-state index >= 15 is 0 Å². The average Bonchev–Trinajstić information content (AvgIpc) is 3.45. The second-order valence-corrected chi connectivity index (χ2v) is 7.41. The highest BCUT2D eigenvalue weighted by Crippen LogP contribution is 2.25. The third-order valence-electron chi connectivity index (χ3n) is 4.75. The van der Waals surface area contributed by atoms with Gasteiger partial charge in [-0.1, -0.05) is 42.0 Å². The summed E-state index contributed by atoms with van der Waals surface area (Å²) in [7, 11) is 0. The first-order valence-electron chi connectivity index (χ1n) is 9.99. The summed E-state index contributed by atoms with van der Waals surface area (Å²) in [4.78, 5) is 36.4. The molecule has 0 atom stereocenters. The van der Waals surface area contributed by atoms with Gasteiger partial charge in [0.1, 0.15) is 11.3 Å². The number of carbonyl (C=O) groups excluding carboxylic acids is 3. The Hall–Kier alpha value is -3.94. The monoisotopic (exact) mass is 418 g/mol. The number of benzene rings is 2. The maximum absolute atomic E-state index is 12.8. The molecule has 0 unspecified atom stereocenters. The minimum atomic E-state index is -0.698. The second kappa shape index (κ2) is 8.83. The van der Waals surface area contributed by atoms with Crippen LogP contribution in [0.1, 0.15) is 28.8 Å². The molecule has 0 saturated heterocycles. The Morgan fingerprint density at radius 3 is 2.58 bits per heavy atom. The molecule has 2 aromatic carbocycles. The number of hydrogen-bond acceptors (Lipinski definition) is 5. The lowest BCUT2D eigenvalue weighted by Crippen LogP contribution is -2.42. The van der Waals surface area contributed by atoms with Crippen molar-refractivity contribution in [1.29, 1.82) is 0 Å². The predicted molar refractivity (Wildman–Crippen MR) is 114 cm³/mol. The molecule has 0 radical (unpaired) electrons. The van der Waals surface area contributed by atoms with E-state index in [2.05, 4.69) is 15.7 Å². The quantitative estimate of drug-likeness (QED) is 0.599. The van der Waals surface area contributed by atoms with Crippen LogP contribution in [-0.2, 0) is 9.53 Å². The Labute approximate surface area is 179 Å². The molecule has 1 aliphatic carbocycles. The summed E-state index contributed by atoms with van der Waals surface area (Å²) in [5.41, 5.74) is 3.24. The van der Waals surface area contributed by atoms with Crippen LogP contribution in [0, 0.1) is 6.92 Å². The summed E-state index contributed by atoms with van der Waals surface area (Å²) >= 11 is 0. The number of esters is 1. The van der Waals surface area contributed by atoms with Gasteiger partial charge in [-0.3, -0.25) is 10.1 Å². The van der Waals surface area contributed by atoms with Crippen LogP contribution in [0.15, 0.2) is 60.8 Å². The summed E-state index contributed by atoms with van der Waals surface area (Å²) < 4.78 is 6.76. The molecule has 3 amide bonds. The largest absolute Gasteiger partial charge is 0.452 e. The number of imide groups is 1. The van der Waals surface area contributed by atoms with Crippen LogP contribution >= 0.6 is 0 Å². The van der Waals surface area contributed by atoms with Crippen LogP contribution in [0.4, 0.5) is 4.79 Å². The van der Waals surface area contributed by atoms with Crippen molar-refractivity contribution in [3.05, 3.63) is 71.9 Å². The number of hydrogen-bond donors (Lipinski definition) is 2. The molecule has 3 aromatic rings. The van der Waals surface area contributed by atoms with E-state index in [9.17, 15) is 14.4 Å². The van der Waals surface area contributed by atoms with E-state index in [1.165, 1.54) is 0 Å². The zero-order valence-electron chi connectivity index (χ0n) is 17.0. The number of amides is 3. The van der Waals surface area contributed by atoms with E-state index in [4.69, 9.17) is 4.74 Å². The zero-order chi connectivity index (χ0) is 21.8. The molecule has 2 N–H and O–H groups in total. The Kier molecular flexibility index (Phi) is 5.79. The fourth-order valence-corrected chi connectivity index (χ4v) is 3.06. The van der Waals surface area contributed by atoms with E-state index in [0.29, 0.717) is 5.69 Å². The summed E-state index contributed by atoms with van der Waals surface area (Å²) in [5, 5.41) is 9.37. The molecule has 0 bridgehead atoms. The van der Waals surface area contributed by atoms with Crippen molar-refractivity contribution in [3.63, 3.8) is 0 Å². The number of nitrogens with one attached hydrogen (secondary N) is 2. The fraction of sp³-hybridized carbons (Fsp3) is 0.217. The normalized spacial score (nSPS) is 12.8. The van der Waals surface area contributed by atoms with Crippen LogP contribution < -0.4 is 10.6 Å². The summed E-state index contributed by atoms with van der Waals surface area (Å²) in [5.74, 6) is -1.39. The topological polar surface area (TPSA) is 102 Å². The average molecular weight is 418 g/mol. The molecular formula is C23H22N4O4. The van der Waals surface area contributed by atoms with E-state index in [1.807, 2.05) is 61.5 Å². The lowest BCUT2D eigenvalue weighted by Gasteiger charge is -2.07. The summed E-state index contributed by atoms with van der Waals surface area (Å²) in [6.45, 7) is 1.38. The molecule has 4 rings (SSSR count). The van der Waals surface area contributed by atoms with Crippen LogP contribution in [0.2, 0.25) is 0 Å². The van der Waals surface area contributed by atoms with Crippen LogP contribution in [0.5, 0.6) is 0 Å². The lowest BCUT2D eigenvalue weighted by molar-refractivity contribution is -0.123. The third-order valence-corrected chi connectivity index (χ3v) is 4.75. The molecule has 8 heteroatoms. The van der Waals surface area contributed by atoms with Gasteiger partial charge in [0.05, 0.1) is 5.69 Å². The van der Waals surface area contributed by atoms with Crippen molar-refractivity contribution < 1.29 is 19.1 Å². The highest BCUT2D eigenvalue weighted by molar-refractivity contribution is 5.99. The number of carbonyl (C=O) groups is 3. The van der Waals surface area contributed by atoms with Gasteiger partial charge < -0.3 is 10.1 Å². The van der Waals surface area contributed by atoms with Crippen LogP contribution in [0.25, 0.3) is 16.9 Å². The highest BCUT2D eigenvalue weighted by atomic mass is 16.5. The molecule has 0 spiro atoms. The van der Waals surface area contributed by atoms with Gasteiger partial charge in [-0.2, -0.15) is 5.10 Å². The Morgan fingerprint density at radius 2 is 1.87 bits per heavy atom. The Bertz CT molecular complexity index is 1120. The van der Waals surface area contributed by atoms with E-state index in [0.717, 1.165) is 29.7 Å². The zero-order valence-corrected chi connectivity index (χ0v) is 17.0. The SMILES string of the molecule is Cc1cccc(-c2nn(-c3ccccc3)cc2C(=O)OCC(=O)NC(=O)NC2CC2)c1. The maximum atomic E-state index is 12.8. The summed E-state index contributed by atoms with van der Waals surface area (Å²) in [6, 6.07) is 16.5. The highest BCUT2D eigenvalue weighted by Gasteiger charge is 2.25. The molecule has 1 saturated carbocycles. The van der Waals surface area contributed by atoms with E-state index in [1.54, 1.807) is 10.9 Å². The van der Waals surface area contributed by atoms with Gasteiger partial charge in [-0.15, -0.1) is 0 Å². The van der Waals surface area contributed by atoms with E-state index < -0.39 is 24.5 Å². The molecule has 1 aromatic heterocycles. The number of aryl methyl sites for hydroxylation is 1. The molecule has 158 valence electrons. The molecule has 1 fully saturated rings. The first kappa shape index (κ1) is 20.3. The number of nitrogens with zero attached hydrogens (tertiary/aromatic N) is 2. The van der Waals surface area contributed by atoms with Crippen LogP contribution in [-0.4, -0.2) is 40.3 Å². The lowest BCUT2D eigenvalue weighted by atomic mass is 10.1. The number of urea groups is 1. The second-order valence-electron chi connectivity index (χ2n) is 7.41. The fourth-order valence-electron chi connectivity index (χ4n) is 3.06. The molecular weight excluding hydrogens is 396 g/mol. The number of ether oxygens (including phenoxy) is 1. The number of para-hydroxylation sites is 1. The third kappa shape index (κ3) is 5.16. The van der Waals surface area contributed by atoms with Crippen molar-refractivity contribution in [2.24, 2.45) is 0 Å². The predicted octanol–water partition coefficient (Wildman–Crippen LogP) is 2.99. The van der Waals surface area contributed by atoms with Crippen molar-refractivity contribution in [2.45, 2.75) is 25.8 Å². The van der Waals surface area contributed by atoms with Gasteiger partial charge in [-0.05, 0) is 38.0 Å². The van der Waals surface area contributed by atoms with Gasteiger partial charge in [0.15, 0.2) is 6.61 Å². The standard InChI is InChI=1S/C23H22N4O4/c1-15-6-5-7-16(12-15)21-19(13-27(26-21)18-8-3-2-4-9-18)22(29)31-14-20(28)25-23(30)24-17-10-11-17/h2-9,12-13,17H,10-11,14H2,1H3,(H2,24,25,28,30). The number of aromatic nitrogens is 2. The number of rotatable bonds is 6. The molecule has 1 heterocycles. The van der Waals surface area contributed by atoms with Crippen molar-refractivity contribution >= 4 is 17.9 Å². The first-order chi connectivity index (χ1) is 15.0. The van der Waals surface area contributed by atoms with Gasteiger partial charge in [0, 0.05) is 17.8 Å². The van der Waals surface area contributed by atoms with Crippen molar-refractivity contribution in [2.75, 3.05) is 6.61 Å². The van der Waals surface area contributed by atoms with Gasteiger partial charge in [0.2, 0.25) is 0 Å². The van der Waals surface area contributed by atoms with E-state index in [-0.39, 0.29) is 11.6 Å². The Morgan fingerprint density at radius 1 is 1.10 bits per heavy atom. The Balaban J connectivity index is 1.52. The summed E-state index contributed by atoms with van der Waals surface area (Å²) in [6.07, 6.45) is 3.39. The molecule has 1 aliphatic rings. The molecule has 0 aliphatic heterocycles. The van der Waals surface area contributed by atoms with Gasteiger partial charge in [-0.25, -0.2) is 14.3 Å². The maximum Gasteiger partial charge on any atom is 0.342 e. The minimum Gasteiger partial charge on any atom is -0.452 e. The van der Waals surface area contributed by atoms with Gasteiger partial charge in [0.25, 0.3) is 5.91 Å². The molecule has 8 nitrogen and oxygen atoms in total. The first-order valence-corrected chi connectivity index (χ1v) is 9.99.